The molecule has 1 unspecified atom stereocenters. The van der Waals surface area contributed by atoms with Crippen molar-refractivity contribution in [3.8, 4) is 0 Å². The molecular formula is C12H23N3O5. The molecule has 8 heteroatoms. The number of amides is 3. The lowest BCUT2D eigenvalue weighted by Crippen LogP contribution is -2.47. The summed E-state index contributed by atoms with van der Waals surface area (Å²) in [6.07, 6.45) is 0.389. The van der Waals surface area contributed by atoms with E-state index in [0.29, 0.717) is 19.6 Å². The Morgan fingerprint density at radius 1 is 1.20 bits per heavy atom. The van der Waals surface area contributed by atoms with E-state index in [-0.39, 0.29) is 19.0 Å². The number of methoxy groups -OCH3 is 1. The van der Waals surface area contributed by atoms with Gasteiger partial charge in [-0.1, -0.05) is 6.92 Å². The number of carboxylic acid groups (broad SMARTS) is 1. The van der Waals surface area contributed by atoms with Crippen molar-refractivity contribution in [2.24, 2.45) is 5.41 Å². The first-order valence-electron chi connectivity index (χ1n) is 6.36. The number of carboxylic acids is 1. The number of carbonyl (C=O) groups is 3. The maximum Gasteiger partial charge on any atom is 0.315 e. The van der Waals surface area contributed by atoms with Gasteiger partial charge in [0.25, 0.3) is 0 Å². The average Bonchev–Trinajstić information content (AvgIpc) is 2.42. The monoisotopic (exact) mass is 289 g/mol. The van der Waals surface area contributed by atoms with Crippen LogP contribution < -0.4 is 16.0 Å². The van der Waals surface area contributed by atoms with Crippen LogP contribution in [0.15, 0.2) is 0 Å². The van der Waals surface area contributed by atoms with Crippen LogP contribution in [0.4, 0.5) is 4.79 Å². The Kier molecular flexibility index (Phi) is 8.30. The lowest BCUT2D eigenvalue weighted by Gasteiger charge is -2.23. The van der Waals surface area contributed by atoms with Crippen molar-refractivity contribution in [1.82, 2.24) is 16.0 Å². The molecule has 0 rings (SSSR count). The van der Waals surface area contributed by atoms with Gasteiger partial charge in [-0.3, -0.25) is 9.59 Å². The van der Waals surface area contributed by atoms with Gasteiger partial charge in [-0.25, -0.2) is 4.79 Å². The van der Waals surface area contributed by atoms with Crippen molar-refractivity contribution in [2.75, 3.05) is 33.4 Å². The highest BCUT2D eigenvalue weighted by Gasteiger charge is 2.31. The second-order valence-electron chi connectivity index (χ2n) is 4.60. The maximum atomic E-state index is 11.4. The summed E-state index contributed by atoms with van der Waals surface area (Å²) >= 11 is 0. The van der Waals surface area contributed by atoms with E-state index in [4.69, 9.17) is 9.84 Å². The molecule has 0 aliphatic heterocycles. The first-order valence-corrected chi connectivity index (χ1v) is 6.36. The zero-order valence-electron chi connectivity index (χ0n) is 12.1. The van der Waals surface area contributed by atoms with Crippen LogP contribution >= 0.6 is 0 Å². The minimum atomic E-state index is -1.02. The molecular weight excluding hydrogens is 266 g/mol. The molecule has 0 aliphatic carbocycles. The molecule has 116 valence electrons. The van der Waals surface area contributed by atoms with Gasteiger partial charge in [0, 0.05) is 20.2 Å². The summed E-state index contributed by atoms with van der Waals surface area (Å²) in [5.41, 5.74) is -1.02. The van der Waals surface area contributed by atoms with Gasteiger partial charge in [0.1, 0.15) is 0 Å². The lowest BCUT2D eigenvalue weighted by atomic mass is 9.88. The summed E-state index contributed by atoms with van der Waals surface area (Å²) in [6, 6.07) is -0.576. The fourth-order valence-corrected chi connectivity index (χ4v) is 1.21. The second kappa shape index (κ2) is 9.13. The molecule has 0 heterocycles. The number of hydrogen-bond donors (Lipinski definition) is 4. The van der Waals surface area contributed by atoms with E-state index < -0.39 is 17.4 Å². The van der Waals surface area contributed by atoms with Crippen LogP contribution in [0.1, 0.15) is 20.3 Å². The fraction of sp³-hybridized carbons (Fsp3) is 0.750. The van der Waals surface area contributed by atoms with Gasteiger partial charge in [-0.2, -0.15) is 0 Å². The Bertz CT molecular complexity index is 348. The maximum absolute atomic E-state index is 11.4. The van der Waals surface area contributed by atoms with Crippen molar-refractivity contribution in [1.29, 1.82) is 0 Å². The molecule has 0 saturated heterocycles. The van der Waals surface area contributed by atoms with Crippen molar-refractivity contribution >= 4 is 17.9 Å². The zero-order chi connectivity index (χ0) is 15.6. The molecule has 3 amide bonds. The Hall–Kier alpha value is -1.83. The van der Waals surface area contributed by atoms with Gasteiger partial charge in [0.15, 0.2) is 0 Å². The number of aliphatic carboxylic acids is 1. The van der Waals surface area contributed by atoms with Gasteiger partial charge in [0.2, 0.25) is 5.91 Å². The number of nitrogens with one attached hydrogen (secondary N) is 3. The van der Waals surface area contributed by atoms with Crippen LogP contribution in [0, 0.1) is 5.41 Å². The van der Waals surface area contributed by atoms with E-state index in [1.165, 1.54) is 7.11 Å². The molecule has 0 aliphatic rings. The molecule has 0 spiro atoms. The summed E-state index contributed by atoms with van der Waals surface area (Å²) in [5.74, 6) is -1.31. The molecule has 0 aromatic rings. The SMILES string of the molecule is CCC(C)(CNC(=O)NCC(=O)NCCOC)C(=O)O. The van der Waals surface area contributed by atoms with Gasteiger partial charge < -0.3 is 25.8 Å². The summed E-state index contributed by atoms with van der Waals surface area (Å²) in [5, 5.41) is 16.4. The quantitative estimate of drug-likeness (QED) is 0.429. The standard InChI is InChI=1S/C12H23N3O5/c1-4-12(2,10(17)18)8-15-11(19)14-7-9(16)13-5-6-20-3/h4-8H2,1-3H3,(H,13,16)(H,17,18)(H2,14,15,19). The normalized spacial score (nSPS) is 13.2. The smallest absolute Gasteiger partial charge is 0.315 e. The number of urea groups is 1. The van der Waals surface area contributed by atoms with Gasteiger partial charge in [-0.15, -0.1) is 0 Å². The first-order chi connectivity index (χ1) is 9.35. The van der Waals surface area contributed by atoms with Crippen molar-refractivity contribution in [2.45, 2.75) is 20.3 Å². The Morgan fingerprint density at radius 2 is 1.85 bits per heavy atom. The molecule has 20 heavy (non-hydrogen) atoms. The van der Waals surface area contributed by atoms with Crippen LogP contribution in [0.25, 0.3) is 0 Å². The highest BCUT2D eigenvalue weighted by Crippen LogP contribution is 2.19. The highest BCUT2D eigenvalue weighted by atomic mass is 16.5. The Balaban J connectivity index is 3.94. The topological polar surface area (TPSA) is 117 Å². The molecule has 0 aromatic heterocycles. The lowest BCUT2D eigenvalue weighted by molar-refractivity contribution is -0.147. The zero-order valence-corrected chi connectivity index (χ0v) is 12.1. The van der Waals surface area contributed by atoms with Crippen LogP contribution in [-0.4, -0.2) is 56.4 Å². The van der Waals surface area contributed by atoms with E-state index in [1.807, 2.05) is 0 Å². The molecule has 8 nitrogen and oxygen atoms in total. The van der Waals surface area contributed by atoms with E-state index in [2.05, 4.69) is 16.0 Å². The third kappa shape index (κ3) is 6.93. The summed E-state index contributed by atoms with van der Waals surface area (Å²) < 4.78 is 4.76. The molecule has 0 radical (unpaired) electrons. The van der Waals surface area contributed by atoms with Crippen LogP contribution in [0.3, 0.4) is 0 Å². The number of rotatable bonds is 9. The van der Waals surface area contributed by atoms with E-state index in [9.17, 15) is 14.4 Å². The average molecular weight is 289 g/mol. The predicted molar refractivity (Wildman–Crippen MR) is 72.3 cm³/mol. The van der Waals surface area contributed by atoms with Crippen molar-refractivity contribution in [3.05, 3.63) is 0 Å². The molecule has 4 N–H and O–H groups in total. The number of carbonyl (C=O) groups excluding carboxylic acids is 2. The Morgan fingerprint density at radius 3 is 2.35 bits per heavy atom. The first kappa shape index (κ1) is 18.2. The molecule has 0 fully saturated rings. The summed E-state index contributed by atoms with van der Waals surface area (Å²) in [6.45, 7) is 3.86. The summed E-state index contributed by atoms with van der Waals surface area (Å²) in [7, 11) is 1.52. The molecule has 0 saturated carbocycles. The predicted octanol–water partition coefficient (Wildman–Crippen LogP) is -0.451. The van der Waals surface area contributed by atoms with Crippen LogP contribution in [0.5, 0.6) is 0 Å². The third-order valence-electron chi connectivity index (χ3n) is 2.97. The van der Waals surface area contributed by atoms with Crippen LogP contribution in [0.2, 0.25) is 0 Å². The van der Waals surface area contributed by atoms with Gasteiger partial charge in [-0.05, 0) is 13.3 Å². The number of ether oxygens (including phenoxy) is 1. The van der Waals surface area contributed by atoms with Crippen molar-refractivity contribution in [3.63, 3.8) is 0 Å². The van der Waals surface area contributed by atoms with Crippen LogP contribution in [-0.2, 0) is 14.3 Å². The van der Waals surface area contributed by atoms with E-state index in [1.54, 1.807) is 13.8 Å². The van der Waals surface area contributed by atoms with Gasteiger partial charge >= 0.3 is 12.0 Å². The van der Waals surface area contributed by atoms with E-state index in [0.717, 1.165) is 0 Å². The summed E-state index contributed by atoms with van der Waals surface area (Å²) in [4.78, 5) is 33.8. The molecule has 1 atom stereocenters. The minimum Gasteiger partial charge on any atom is -0.481 e. The largest absolute Gasteiger partial charge is 0.481 e. The molecule has 0 bridgehead atoms. The minimum absolute atomic E-state index is 0.00401. The van der Waals surface area contributed by atoms with E-state index >= 15 is 0 Å². The number of hydrogen-bond acceptors (Lipinski definition) is 4. The highest BCUT2D eigenvalue weighted by molar-refractivity contribution is 5.84. The Labute approximate surface area is 118 Å². The van der Waals surface area contributed by atoms with Gasteiger partial charge in [0.05, 0.1) is 18.6 Å². The fourth-order valence-electron chi connectivity index (χ4n) is 1.21. The third-order valence-corrected chi connectivity index (χ3v) is 2.97. The molecule has 0 aromatic carbocycles. The second-order valence-corrected chi connectivity index (χ2v) is 4.60. The van der Waals surface area contributed by atoms with Crippen molar-refractivity contribution < 1.29 is 24.2 Å².